The van der Waals surface area contributed by atoms with Gasteiger partial charge in [0.1, 0.15) is 0 Å². The van der Waals surface area contributed by atoms with Crippen molar-refractivity contribution in [1.29, 1.82) is 0 Å². The summed E-state index contributed by atoms with van der Waals surface area (Å²) in [6.45, 7) is 6.09. The maximum absolute atomic E-state index is 10.5. The first-order valence-corrected chi connectivity index (χ1v) is 12.5. The molecule has 3 heteroatoms. The Morgan fingerprint density at radius 2 is 1.75 bits per heavy atom. The number of fused-ring (bicyclic) bond motifs is 7. The second-order valence-corrected chi connectivity index (χ2v) is 11.9. The van der Waals surface area contributed by atoms with Gasteiger partial charge in [0, 0.05) is 6.61 Å². The van der Waals surface area contributed by atoms with E-state index < -0.39 is 0 Å². The number of rotatable bonds is 2. The first-order valence-electron chi connectivity index (χ1n) is 12.5. The van der Waals surface area contributed by atoms with Gasteiger partial charge in [-0.05, 0) is 117 Å². The van der Waals surface area contributed by atoms with Crippen molar-refractivity contribution >= 4 is 0 Å². The lowest BCUT2D eigenvalue weighted by molar-refractivity contribution is -0.219. The predicted molar refractivity (Wildman–Crippen MR) is 109 cm³/mol. The van der Waals surface area contributed by atoms with Gasteiger partial charge in [-0.15, -0.1) is 0 Å². The average molecular weight is 389 g/mol. The zero-order valence-electron chi connectivity index (χ0n) is 17.9. The molecule has 0 aromatic heterocycles. The van der Waals surface area contributed by atoms with Crippen LogP contribution in [-0.2, 0) is 9.47 Å². The van der Waals surface area contributed by atoms with Crippen LogP contribution in [0.1, 0.15) is 84.5 Å². The SMILES string of the molecule is C[C@]12CC[C@H]3[C@@H](CC[C@H]4CC(O)[C@@H]5C[C@@H]5[C@@]43C)[C@@H]1CC[C@@H]2OC1CCCCO1. The summed E-state index contributed by atoms with van der Waals surface area (Å²) >= 11 is 0. The Balaban J connectivity index is 1.22. The molecule has 0 amide bonds. The van der Waals surface area contributed by atoms with Crippen molar-refractivity contribution in [3.05, 3.63) is 0 Å². The van der Waals surface area contributed by atoms with Crippen LogP contribution in [0.4, 0.5) is 0 Å². The van der Waals surface area contributed by atoms with Crippen LogP contribution in [0.25, 0.3) is 0 Å². The Morgan fingerprint density at radius 1 is 0.857 bits per heavy atom. The average Bonchev–Trinajstić information content (AvgIpc) is 3.45. The lowest BCUT2D eigenvalue weighted by Gasteiger charge is -2.61. The van der Waals surface area contributed by atoms with Crippen LogP contribution in [0.5, 0.6) is 0 Å². The Kier molecular flexibility index (Phi) is 4.28. The zero-order chi connectivity index (χ0) is 19.1. The molecule has 0 bridgehead atoms. The molecule has 158 valence electrons. The lowest BCUT2D eigenvalue weighted by atomic mass is 9.45. The smallest absolute Gasteiger partial charge is 0.157 e. The molecule has 3 nitrogen and oxygen atoms in total. The van der Waals surface area contributed by atoms with Crippen molar-refractivity contribution in [3.8, 4) is 0 Å². The molecule has 1 heterocycles. The van der Waals surface area contributed by atoms with E-state index in [1.54, 1.807) is 0 Å². The van der Waals surface area contributed by atoms with Gasteiger partial charge in [0.25, 0.3) is 0 Å². The van der Waals surface area contributed by atoms with Crippen LogP contribution in [0, 0.1) is 46.3 Å². The topological polar surface area (TPSA) is 38.7 Å². The number of aliphatic hydroxyl groups is 1. The highest BCUT2D eigenvalue weighted by Gasteiger charge is 2.67. The Labute approximate surface area is 170 Å². The summed E-state index contributed by atoms with van der Waals surface area (Å²) in [6.07, 6.45) is 14.6. The highest BCUT2D eigenvalue weighted by atomic mass is 16.7. The van der Waals surface area contributed by atoms with Gasteiger partial charge in [0.2, 0.25) is 0 Å². The van der Waals surface area contributed by atoms with Crippen LogP contribution in [-0.4, -0.2) is 30.2 Å². The van der Waals surface area contributed by atoms with Gasteiger partial charge < -0.3 is 14.6 Å². The second-order valence-electron chi connectivity index (χ2n) is 11.9. The molecule has 0 radical (unpaired) electrons. The van der Waals surface area contributed by atoms with E-state index in [-0.39, 0.29) is 12.4 Å². The van der Waals surface area contributed by atoms with E-state index in [2.05, 4.69) is 13.8 Å². The minimum absolute atomic E-state index is 0.00763. The number of aliphatic hydroxyl groups excluding tert-OH is 1. The minimum atomic E-state index is 0.00763. The van der Waals surface area contributed by atoms with E-state index in [0.717, 1.165) is 49.0 Å². The van der Waals surface area contributed by atoms with E-state index in [4.69, 9.17) is 9.47 Å². The van der Waals surface area contributed by atoms with E-state index >= 15 is 0 Å². The third-order valence-corrected chi connectivity index (χ3v) is 11.0. The summed E-state index contributed by atoms with van der Waals surface area (Å²) < 4.78 is 12.6. The van der Waals surface area contributed by atoms with Gasteiger partial charge in [-0.1, -0.05) is 13.8 Å². The fraction of sp³-hybridized carbons (Fsp3) is 1.00. The minimum Gasteiger partial charge on any atom is -0.393 e. The van der Waals surface area contributed by atoms with Gasteiger partial charge in [-0.25, -0.2) is 0 Å². The van der Waals surface area contributed by atoms with Crippen molar-refractivity contribution in [1.82, 2.24) is 0 Å². The first-order chi connectivity index (χ1) is 13.5. The summed E-state index contributed by atoms with van der Waals surface area (Å²) in [4.78, 5) is 0. The van der Waals surface area contributed by atoms with Gasteiger partial charge in [0.05, 0.1) is 12.2 Å². The molecule has 1 N–H and O–H groups in total. The van der Waals surface area contributed by atoms with Crippen LogP contribution in [0.2, 0.25) is 0 Å². The van der Waals surface area contributed by atoms with Crippen LogP contribution < -0.4 is 0 Å². The molecule has 11 atom stereocenters. The van der Waals surface area contributed by atoms with Crippen molar-refractivity contribution in [2.45, 2.75) is 103 Å². The summed E-state index contributed by atoms with van der Waals surface area (Å²) in [6, 6.07) is 0. The van der Waals surface area contributed by atoms with Gasteiger partial charge in [-0.2, -0.15) is 0 Å². The molecule has 0 spiro atoms. The number of ether oxygens (including phenoxy) is 2. The van der Waals surface area contributed by atoms with Gasteiger partial charge >= 0.3 is 0 Å². The quantitative estimate of drug-likeness (QED) is 0.710. The number of hydrogen-bond acceptors (Lipinski definition) is 3. The molecule has 0 aromatic carbocycles. The van der Waals surface area contributed by atoms with Gasteiger partial charge in [0.15, 0.2) is 6.29 Å². The molecule has 0 aromatic rings. The first kappa shape index (κ1) is 18.6. The second kappa shape index (κ2) is 6.44. The normalized spacial score (nSPS) is 60.3. The van der Waals surface area contributed by atoms with Crippen molar-refractivity contribution < 1.29 is 14.6 Å². The van der Waals surface area contributed by atoms with Crippen molar-refractivity contribution in [2.24, 2.45) is 46.3 Å². The standard InChI is InChI=1S/C25H40O3/c1-24-11-10-19-16(7-6-15-13-21(26)17-14-20(17)25(15,19)2)18(24)8-9-22(24)28-23-5-3-4-12-27-23/h15-23,26H,3-14H2,1-2H3/t15-,16-,17+,18-,19-,20-,21?,22-,23?,24-,25-/m0/s1. The van der Waals surface area contributed by atoms with Crippen LogP contribution >= 0.6 is 0 Å². The lowest BCUT2D eigenvalue weighted by Crippen LogP contribution is -2.55. The van der Waals surface area contributed by atoms with E-state index in [1.165, 1.54) is 57.8 Å². The molecule has 6 aliphatic rings. The molecular weight excluding hydrogens is 348 g/mol. The highest BCUT2D eigenvalue weighted by molar-refractivity contribution is 5.16. The largest absolute Gasteiger partial charge is 0.393 e. The highest BCUT2D eigenvalue weighted by Crippen LogP contribution is 2.72. The molecular formula is C25H40O3. The summed E-state index contributed by atoms with van der Waals surface area (Å²) in [7, 11) is 0. The van der Waals surface area contributed by atoms with Crippen molar-refractivity contribution in [2.75, 3.05) is 6.61 Å². The maximum Gasteiger partial charge on any atom is 0.157 e. The Bertz CT molecular complexity index is 615. The molecule has 6 fully saturated rings. The molecule has 1 aliphatic heterocycles. The summed E-state index contributed by atoms with van der Waals surface area (Å²) in [5, 5.41) is 10.5. The van der Waals surface area contributed by atoms with Gasteiger partial charge in [-0.3, -0.25) is 0 Å². The number of hydrogen-bond donors (Lipinski definition) is 1. The van der Waals surface area contributed by atoms with Crippen LogP contribution in [0.15, 0.2) is 0 Å². The zero-order valence-corrected chi connectivity index (χ0v) is 17.9. The molecule has 5 saturated carbocycles. The Morgan fingerprint density at radius 3 is 2.57 bits per heavy atom. The van der Waals surface area contributed by atoms with Crippen LogP contribution in [0.3, 0.4) is 0 Å². The fourth-order valence-corrected chi connectivity index (χ4v) is 9.42. The molecule has 28 heavy (non-hydrogen) atoms. The molecule has 5 aliphatic carbocycles. The summed E-state index contributed by atoms with van der Waals surface area (Å²) in [5.74, 6) is 4.88. The van der Waals surface area contributed by atoms with E-state index in [0.29, 0.717) is 22.9 Å². The van der Waals surface area contributed by atoms with E-state index in [9.17, 15) is 5.11 Å². The third-order valence-electron chi connectivity index (χ3n) is 11.0. The third kappa shape index (κ3) is 2.51. The van der Waals surface area contributed by atoms with E-state index in [1.807, 2.05) is 0 Å². The Hall–Kier alpha value is -0.120. The predicted octanol–water partition coefficient (Wildman–Crippen LogP) is 5.16. The molecule has 6 rings (SSSR count). The maximum atomic E-state index is 10.5. The van der Waals surface area contributed by atoms with Crippen molar-refractivity contribution in [3.63, 3.8) is 0 Å². The fourth-order valence-electron chi connectivity index (χ4n) is 9.42. The molecule has 1 saturated heterocycles. The monoisotopic (exact) mass is 388 g/mol. The summed E-state index contributed by atoms with van der Waals surface area (Å²) in [5.41, 5.74) is 0.877. The molecule has 2 unspecified atom stereocenters.